The second-order valence-electron chi connectivity index (χ2n) is 5.02. The Morgan fingerprint density at radius 2 is 2.05 bits per heavy atom. The maximum Gasteiger partial charge on any atom is 0.252 e. The molecule has 0 atom stereocenters. The molecule has 4 nitrogen and oxygen atoms in total. The number of hydrogen-bond acceptors (Lipinski definition) is 3. The summed E-state index contributed by atoms with van der Waals surface area (Å²) in [6.45, 7) is 5.53. The van der Waals surface area contributed by atoms with Crippen LogP contribution in [-0.2, 0) is 0 Å². The zero-order valence-corrected chi connectivity index (χ0v) is 12.3. The molecule has 1 amide bonds. The van der Waals surface area contributed by atoms with Gasteiger partial charge >= 0.3 is 0 Å². The molecule has 20 heavy (non-hydrogen) atoms. The van der Waals surface area contributed by atoms with Gasteiger partial charge in [-0.25, -0.2) is 4.39 Å². The normalized spacial score (nSPS) is 17.1. The average Bonchev–Trinajstić information content (AvgIpc) is 2.41. The summed E-state index contributed by atoms with van der Waals surface area (Å²) >= 11 is 5.85. The van der Waals surface area contributed by atoms with E-state index in [4.69, 9.17) is 11.6 Å². The number of piperazine rings is 1. The highest BCUT2D eigenvalue weighted by molar-refractivity contribution is 6.33. The van der Waals surface area contributed by atoms with Crippen LogP contribution in [0.3, 0.4) is 0 Å². The van der Waals surface area contributed by atoms with E-state index in [0.29, 0.717) is 12.1 Å². The van der Waals surface area contributed by atoms with Crippen molar-refractivity contribution >= 4 is 17.5 Å². The van der Waals surface area contributed by atoms with Crippen molar-refractivity contribution in [1.29, 1.82) is 0 Å². The Bertz CT molecular complexity index is 475. The Morgan fingerprint density at radius 3 is 2.70 bits per heavy atom. The molecule has 0 aliphatic carbocycles. The fourth-order valence-electron chi connectivity index (χ4n) is 2.17. The summed E-state index contributed by atoms with van der Waals surface area (Å²) in [6.07, 6.45) is 0. The highest BCUT2D eigenvalue weighted by Crippen LogP contribution is 2.16. The SMILES string of the molecule is CN1CCN(CCNC(=O)c2ccc(F)cc2Cl)CC1. The largest absolute Gasteiger partial charge is 0.351 e. The molecule has 1 aromatic carbocycles. The molecule has 1 N–H and O–H groups in total. The van der Waals surface area contributed by atoms with E-state index in [1.165, 1.54) is 12.1 Å². The van der Waals surface area contributed by atoms with E-state index in [1.54, 1.807) is 0 Å². The Balaban J connectivity index is 1.77. The standard InChI is InChI=1S/C14H19ClFN3O/c1-18-6-8-19(9-7-18)5-4-17-14(20)12-3-2-11(16)10-13(12)15/h2-3,10H,4-9H2,1H3,(H,17,20). The lowest BCUT2D eigenvalue weighted by Crippen LogP contribution is -2.46. The van der Waals surface area contributed by atoms with Crippen LogP contribution in [0.1, 0.15) is 10.4 Å². The van der Waals surface area contributed by atoms with E-state index in [2.05, 4.69) is 22.2 Å². The van der Waals surface area contributed by atoms with Crippen LogP contribution in [-0.4, -0.2) is 62.0 Å². The van der Waals surface area contributed by atoms with Crippen molar-refractivity contribution in [2.75, 3.05) is 46.3 Å². The molecule has 1 heterocycles. The highest BCUT2D eigenvalue weighted by atomic mass is 35.5. The third-order valence-corrected chi connectivity index (χ3v) is 3.80. The average molecular weight is 300 g/mol. The van der Waals surface area contributed by atoms with Crippen molar-refractivity contribution in [2.45, 2.75) is 0 Å². The third-order valence-electron chi connectivity index (χ3n) is 3.49. The number of amides is 1. The van der Waals surface area contributed by atoms with E-state index in [1.807, 2.05) is 0 Å². The number of halogens is 2. The summed E-state index contributed by atoms with van der Waals surface area (Å²) in [5.74, 6) is -0.701. The van der Waals surface area contributed by atoms with Gasteiger partial charge in [0.1, 0.15) is 5.82 Å². The zero-order valence-electron chi connectivity index (χ0n) is 11.5. The smallest absolute Gasteiger partial charge is 0.252 e. The molecule has 1 aliphatic rings. The first-order chi connectivity index (χ1) is 9.56. The van der Waals surface area contributed by atoms with E-state index in [0.717, 1.165) is 38.8 Å². The number of benzene rings is 1. The summed E-state index contributed by atoms with van der Waals surface area (Å²) in [5, 5.41) is 2.96. The van der Waals surface area contributed by atoms with Gasteiger partial charge in [0.15, 0.2) is 0 Å². The fraction of sp³-hybridized carbons (Fsp3) is 0.500. The van der Waals surface area contributed by atoms with Gasteiger partial charge in [0.25, 0.3) is 5.91 Å². The van der Waals surface area contributed by atoms with Gasteiger partial charge < -0.3 is 10.2 Å². The number of carbonyl (C=O) groups is 1. The lowest BCUT2D eigenvalue weighted by Gasteiger charge is -2.32. The lowest BCUT2D eigenvalue weighted by molar-refractivity contribution is 0.0941. The van der Waals surface area contributed by atoms with Gasteiger partial charge in [-0.1, -0.05) is 11.6 Å². The number of likely N-dealkylation sites (N-methyl/N-ethyl adjacent to an activating group) is 1. The molecule has 1 aliphatic heterocycles. The van der Waals surface area contributed by atoms with Crippen molar-refractivity contribution < 1.29 is 9.18 Å². The first-order valence-corrected chi connectivity index (χ1v) is 7.08. The van der Waals surface area contributed by atoms with Crippen LogP contribution in [0.4, 0.5) is 4.39 Å². The Hall–Kier alpha value is -1.17. The number of hydrogen-bond donors (Lipinski definition) is 1. The van der Waals surface area contributed by atoms with Crippen molar-refractivity contribution in [1.82, 2.24) is 15.1 Å². The maximum absolute atomic E-state index is 12.9. The second-order valence-corrected chi connectivity index (χ2v) is 5.43. The summed E-state index contributed by atoms with van der Waals surface area (Å²) in [7, 11) is 2.11. The van der Waals surface area contributed by atoms with Crippen LogP contribution in [0, 0.1) is 5.82 Å². The molecule has 0 spiro atoms. The van der Waals surface area contributed by atoms with Crippen molar-refractivity contribution in [3.63, 3.8) is 0 Å². The third kappa shape index (κ3) is 4.16. The van der Waals surface area contributed by atoms with E-state index >= 15 is 0 Å². The summed E-state index contributed by atoms with van der Waals surface area (Å²) in [4.78, 5) is 16.5. The van der Waals surface area contributed by atoms with Crippen LogP contribution in [0.25, 0.3) is 0 Å². The molecule has 2 rings (SSSR count). The highest BCUT2D eigenvalue weighted by Gasteiger charge is 2.14. The predicted molar refractivity (Wildman–Crippen MR) is 77.7 cm³/mol. The molecule has 6 heteroatoms. The van der Waals surface area contributed by atoms with Crippen LogP contribution in [0.15, 0.2) is 18.2 Å². The quantitative estimate of drug-likeness (QED) is 0.914. The molecule has 1 aromatic rings. The molecule has 0 aromatic heterocycles. The minimum atomic E-state index is -0.441. The molecular weight excluding hydrogens is 281 g/mol. The van der Waals surface area contributed by atoms with Crippen molar-refractivity contribution in [2.24, 2.45) is 0 Å². The van der Waals surface area contributed by atoms with Gasteiger partial charge in [0.2, 0.25) is 0 Å². The fourth-order valence-corrected chi connectivity index (χ4v) is 2.42. The molecule has 0 bridgehead atoms. The molecule has 0 unspecified atom stereocenters. The van der Waals surface area contributed by atoms with Gasteiger partial charge in [-0.3, -0.25) is 9.69 Å². The van der Waals surface area contributed by atoms with Crippen molar-refractivity contribution in [3.8, 4) is 0 Å². The lowest BCUT2D eigenvalue weighted by atomic mass is 10.2. The minimum Gasteiger partial charge on any atom is -0.351 e. The van der Waals surface area contributed by atoms with E-state index in [-0.39, 0.29) is 10.9 Å². The first-order valence-electron chi connectivity index (χ1n) is 6.70. The second kappa shape index (κ2) is 7.02. The summed E-state index contributed by atoms with van der Waals surface area (Å²) in [6, 6.07) is 3.79. The van der Waals surface area contributed by atoms with Crippen LogP contribution >= 0.6 is 11.6 Å². The number of nitrogens with one attached hydrogen (secondary N) is 1. The number of nitrogens with zero attached hydrogens (tertiary/aromatic N) is 2. The Kier molecular flexibility index (Phi) is 5.34. The number of carbonyl (C=O) groups excluding carboxylic acids is 1. The molecule has 0 saturated carbocycles. The van der Waals surface area contributed by atoms with Crippen LogP contribution in [0.5, 0.6) is 0 Å². The zero-order chi connectivity index (χ0) is 14.5. The Morgan fingerprint density at radius 1 is 1.35 bits per heavy atom. The first kappa shape index (κ1) is 15.2. The molecule has 110 valence electrons. The molecule has 1 fully saturated rings. The minimum absolute atomic E-state index is 0.141. The molecule has 0 radical (unpaired) electrons. The maximum atomic E-state index is 12.9. The van der Waals surface area contributed by atoms with Crippen LogP contribution < -0.4 is 5.32 Å². The van der Waals surface area contributed by atoms with Crippen LogP contribution in [0.2, 0.25) is 5.02 Å². The van der Waals surface area contributed by atoms with Gasteiger partial charge in [0, 0.05) is 39.3 Å². The summed E-state index contributed by atoms with van der Waals surface area (Å²) in [5.41, 5.74) is 0.312. The molecular formula is C14H19ClFN3O. The topological polar surface area (TPSA) is 35.6 Å². The van der Waals surface area contributed by atoms with Crippen molar-refractivity contribution in [3.05, 3.63) is 34.6 Å². The van der Waals surface area contributed by atoms with E-state index in [9.17, 15) is 9.18 Å². The Labute approximate surface area is 123 Å². The summed E-state index contributed by atoms with van der Waals surface area (Å²) < 4.78 is 12.9. The van der Waals surface area contributed by atoms with E-state index < -0.39 is 5.82 Å². The van der Waals surface area contributed by atoms with Gasteiger partial charge in [-0.2, -0.15) is 0 Å². The number of rotatable bonds is 4. The monoisotopic (exact) mass is 299 g/mol. The molecule has 1 saturated heterocycles. The predicted octanol–water partition coefficient (Wildman–Crippen LogP) is 1.46. The van der Waals surface area contributed by atoms with Gasteiger partial charge in [-0.05, 0) is 25.2 Å². The van der Waals surface area contributed by atoms with Gasteiger partial charge in [0.05, 0.1) is 10.6 Å². The van der Waals surface area contributed by atoms with Gasteiger partial charge in [-0.15, -0.1) is 0 Å².